The highest BCUT2D eigenvalue weighted by atomic mass is 32.1. The molecule has 1 amide bonds. The summed E-state index contributed by atoms with van der Waals surface area (Å²) in [6, 6.07) is 10.7. The molecule has 0 saturated heterocycles. The number of carbonyl (C=O) groups excluding carboxylic acids is 1. The minimum Gasteiger partial charge on any atom is -0.358 e. The average Bonchev–Trinajstić information content (AvgIpc) is 2.64. The van der Waals surface area contributed by atoms with Gasteiger partial charge >= 0.3 is 0 Å². The molecule has 1 aliphatic carbocycles. The Morgan fingerprint density at radius 1 is 1.03 bits per heavy atom. The highest BCUT2D eigenvalue weighted by molar-refractivity contribution is 7.80. The maximum absolute atomic E-state index is 12.9. The van der Waals surface area contributed by atoms with Crippen molar-refractivity contribution in [2.24, 2.45) is 5.41 Å². The van der Waals surface area contributed by atoms with Gasteiger partial charge in [0, 0.05) is 24.2 Å². The van der Waals surface area contributed by atoms with E-state index in [1.807, 2.05) is 26.8 Å². The molecule has 1 saturated carbocycles. The zero-order valence-corrected chi connectivity index (χ0v) is 20.3. The van der Waals surface area contributed by atoms with Crippen LogP contribution in [0.15, 0.2) is 30.3 Å². The molecule has 0 bridgehead atoms. The first-order chi connectivity index (χ1) is 14.0. The van der Waals surface area contributed by atoms with E-state index < -0.39 is 6.04 Å². The van der Waals surface area contributed by atoms with Crippen molar-refractivity contribution < 1.29 is 4.79 Å². The van der Waals surface area contributed by atoms with Crippen molar-refractivity contribution in [1.29, 1.82) is 0 Å². The maximum atomic E-state index is 12.9. The van der Waals surface area contributed by atoms with E-state index in [0.717, 1.165) is 19.4 Å². The average molecular weight is 433 g/mol. The van der Waals surface area contributed by atoms with Crippen LogP contribution in [0.4, 0.5) is 0 Å². The summed E-state index contributed by atoms with van der Waals surface area (Å²) in [5.41, 5.74) is 0.736. The fourth-order valence-corrected chi connectivity index (χ4v) is 4.12. The number of thiocarbonyl (C=S) groups is 1. The number of nitrogens with one attached hydrogen (secondary N) is 4. The van der Waals surface area contributed by atoms with Crippen molar-refractivity contribution in [2.75, 3.05) is 0 Å². The van der Waals surface area contributed by atoms with Crippen molar-refractivity contribution in [3.05, 3.63) is 35.9 Å². The van der Waals surface area contributed by atoms with Crippen LogP contribution in [0.1, 0.15) is 72.8 Å². The lowest BCUT2D eigenvalue weighted by atomic mass is 9.85. The monoisotopic (exact) mass is 432 g/mol. The van der Waals surface area contributed by atoms with Gasteiger partial charge in [-0.15, -0.1) is 0 Å². The molecule has 0 heterocycles. The van der Waals surface area contributed by atoms with Crippen LogP contribution in [0, 0.1) is 5.41 Å². The maximum Gasteiger partial charge on any atom is 0.243 e. The number of hydrogen-bond donors (Lipinski definition) is 4. The molecule has 1 aromatic rings. The van der Waals surface area contributed by atoms with Crippen molar-refractivity contribution in [2.45, 2.75) is 97.4 Å². The summed E-state index contributed by atoms with van der Waals surface area (Å²) in [7, 11) is 0. The van der Waals surface area contributed by atoms with Crippen molar-refractivity contribution in [3.63, 3.8) is 0 Å². The molecule has 3 atom stereocenters. The second-order valence-corrected chi connectivity index (χ2v) is 10.9. The zero-order valence-electron chi connectivity index (χ0n) is 19.5. The van der Waals surface area contributed by atoms with Crippen LogP contribution in [0.3, 0.4) is 0 Å². The van der Waals surface area contributed by atoms with Gasteiger partial charge in [0.25, 0.3) is 0 Å². The predicted octanol–water partition coefficient (Wildman–Crippen LogP) is 3.88. The summed E-state index contributed by atoms with van der Waals surface area (Å²) in [5.74, 6) is -0.0263. The Balaban J connectivity index is 1.97. The van der Waals surface area contributed by atoms with E-state index >= 15 is 0 Å². The second kappa shape index (κ2) is 10.6. The lowest BCUT2D eigenvalue weighted by Crippen LogP contribution is -2.61. The largest absolute Gasteiger partial charge is 0.358 e. The molecule has 1 aliphatic rings. The fraction of sp³-hybridized carbons (Fsp3) is 0.667. The Morgan fingerprint density at radius 2 is 1.63 bits per heavy atom. The van der Waals surface area contributed by atoms with Gasteiger partial charge < -0.3 is 21.3 Å². The summed E-state index contributed by atoms with van der Waals surface area (Å²) in [5, 5.41) is 14.1. The molecule has 1 aromatic carbocycles. The van der Waals surface area contributed by atoms with Gasteiger partial charge in [-0.3, -0.25) is 4.79 Å². The molecule has 30 heavy (non-hydrogen) atoms. The van der Waals surface area contributed by atoms with E-state index in [2.05, 4.69) is 66.3 Å². The molecule has 1 unspecified atom stereocenters. The minimum absolute atomic E-state index is 0.0263. The Kier molecular flexibility index (Phi) is 8.68. The Labute approximate surface area is 188 Å². The molecule has 6 heteroatoms. The van der Waals surface area contributed by atoms with Gasteiger partial charge in [-0.2, -0.15) is 0 Å². The van der Waals surface area contributed by atoms with Crippen molar-refractivity contribution in [1.82, 2.24) is 21.3 Å². The topological polar surface area (TPSA) is 65.2 Å². The van der Waals surface area contributed by atoms with Crippen molar-refractivity contribution in [3.8, 4) is 0 Å². The molecule has 0 radical (unpaired) electrons. The van der Waals surface area contributed by atoms with Gasteiger partial charge in [-0.1, -0.05) is 63.9 Å². The van der Waals surface area contributed by atoms with Gasteiger partial charge in [-0.05, 0) is 56.8 Å². The van der Waals surface area contributed by atoms with Crippen molar-refractivity contribution >= 4 is 23.2 Å². The SMILES string of the molecule is CC(C)(C)NC(=O)[C@@H](NC(=S)NC1CCCC[C@@H]1NCc1ccccc1)C(C)(C)C. The predicted molar refractivity (Wildman–Crippen MR) is 129 cm³/mol. The van der Waals surface area contributed by atoms with Crippen LogP contribution in [-0.2, 0) is 11.3 Å². The van der Waals surface area contributed by atoms with E-state index in [4.69, 9.17) is 12.2 Å². The quantitative estimate of drug-likeness (QED) is 0.514. The number of carbonyl (C=O) groups is 1. The smallest absolute Gasteiger partial charge is 0.243 e. The van der Waals surface area contributed by atoms with Crippen LogP contribution in [0.25, 0.3) is 0 Å². The van der Waals surface area contributed by atoms with Crippen LogP contribution >= 0.6 is 12.2 Å². The van der Waals surface area contributed by atoms with Gasteiger partial charge in [0.05, 0.1) is 0 Å². The van der Waals surface area contributed by atoms with E-state index in [9.17, 15) is 4.79 Å². The first-order valence-corrected chi connectivity index (χ1v) is 11.5. The summed E-state index contributed by atoms with van der Waals surface area (Å²) in [6.07, 6.45) is 4.61. The minimum atomic E-state index is -0.406. The molecule has 0 spiro atoms. The van der Waals surface area contributed by atoms with Crippen LogP contribution in [0.2, 0.25) is 0 Å². The number of hydrogen-bond acceptors (Lipinski definition) is 3. The molecular weight excluding hydrogens is 392 g/mol. The van der Waals surface area contributed by atoms with Crippen LogP contribution in [-0.4, -0.2) is 34.7 Å². The Bertz CT molecular complexity index is 693. The molecule has 168 valence electrons. The van der Waals surface area contributed by atoms with E-state index in [0.29, 0.717) is 11.2 Å². The lowest BCUT2D eigenvalue weighted by Gasteiger charge is -2.37. The number of benzene rings is 1. The zero-order chi connectivity index (χ0) is 22.4. The lowest BCUT2D eigenvalue weighted by molar-refractivity contribution is -0.126. The van der Waals surface area contributed by atoms with E-state index in [1.165, 1.54) is 18.4 Å². The molecule has 4 N–H and O–H groups in total. The normalized spacial score (nSPS) is 20.9. The first-order valence-electron chi connectivity index (χ1n) is 11.1. The van der Waals surface area contributed by atoms with Gasteiger partial charge in [0.1, 0.15) is 6.04 Å². The molecule has 0 aromatic heterocycles. The summed E-state index contributed by atoms with van der Waals surface area (Å²) < 4.78 is 0. The molecular formula is C24H40N4OS. The van der Waals surface area contributed by atoms with Crippen LogP contribution < -0.4 is 21.3 Å². The second-order valence-electron chi connectivity index (χ2n) is 10.5. The third-order valence-electron chi connectivity index (χ3n) is 5.40. The number of rotatable bonds is 6. The molecule has 5 nitrogen and oxygen atoms in total. The summed E-state index contributed by atoms with van der Waals surface area (Å²) in [4.78, 5) is 12.9. The highest BCUT2D eigenvalue weighted by Crippen LogP contribution is 2.22. The summed E-state index contributed by atoms with van der Waals surface area (Å²) >= 11 is 5.64. The molecule has 2 rings (SSSR count). The highest BCUT2D eigenvalue weighted by Gasteiger charge is 2.34. The van der Waals surface area contributed by atoms with Gasteiger partial charge in [0.15, 0.2) is 5.11 Å². The van der Waals surface area contributed by atoms with Crippen LogP contribution in [0.5, 0.6) is 0 Å². The Hall–Kier alpha value is -1.66. The fourth-order valence-electron chi connectivity index (χ4n) is 3.85. The number of amides is 1. The van der Waals surface area contributed by atoms with E-state index in [-0.39, 0.29) is 22.9 Å². The van der Waals surface area contributed by atoms with E-state index in [1.54, 1.807) is 0 Å². The molecule has 1 fully saturated rings. The Morgan fingerprint density at radius 3 is 2.20 bits per heavy atom. The third-order valence-corrected chi connectivity index (χ3v) is 5.63. The third kappa shape index (κ3) is 8.23. The summed E-state index contributed by atoms with van der Waals surface area (Å²) in [6.45, 7) is 13.0. The molecule has 0 aliphatic heterocycles. The van der Waals surface area contributed by atoms with Gasteiger partial charge in [0.2, 0.25) is 5.91 Å². The van der Waals surface area contributed by atoms with Gasteiger partial charge in [-0.25, -0.2) is 0 Å². The standard InChI is InChI=1S/C24H40N4OS/c1-23(2,3)20(21(29)28-24(4,5)6)27-22(30)26-19-15-11-10-14-18(19)25-16-17-12-8-7-9-13-17/h7-9,12-13,18-20,25H,10-11,14-16H2,1-6H3,(H,28,29)(H2,26,27,30)/t18-,19?,20+/m0/s1. The first kappa shape index (κ1) is 24.6.